The molecule has 0 atom stereocenters. The van der Waals surface area contributed by atoms with Crippen LogP contribution < -0.4 is 5.48 Å². The highest BCUT2D eigenvalue weighted by Gasteiger charge is 1.90. The first kappa shape index (κ1) is 9.19. The third-order valence-electron chi connectivity index (χ3n) is 1.50. The molecule has 1 rings (SSSR count). The summed E-state index contributed by atoms with van der Waals surface area (Å²) in [5.74, 6) is 0. The Bertz CT molecular complexity index is 201. The van der Waals surface area contributed by atoms with Crippen LogP contribution in [-0.2, 0) is 16.3 Å². The molecular weight excluding hydrogens is 154 g/mol. The monoisotopic (exact) mass is 167 g/mol. The van der Waals surface area contributed by atoms with E-state index in [-0.39, 0.29) is 0 Å². The molecule has 0 aromatic heterocycles. The Kier molecular flexibility index (Phi) is 4.37. The van der Waals surface area contributed by atoms with Gasteiger partial charge >= 0.3 is 0 Å². The lowest BCUT2D eigenvalue weighted by Crippen LogP contribution is -2.16. The first-order valence-corrected chi connectivity index (χ1v) is 3.90. The number of hydrogen-bond acceptors (Lipinski definition) is 3. The zero-order valence-electron chi connectivity index (χ0n) is 7.12. The molecule has 0 spiro atoms. The predicted molar refractivity (Wildman–Crippen MR) is 46.2 cm³/mol. The molecule has 0 saturated heterocycles. The smallest absolute Gasteiger partial charge is 0.0732 e. The Morgan fingerprint density at radius 1 is 1.25 bits per heavy atom. The summed E-state index contributed by atoms with van der Waals surface area (Å²) >= 11 is 0. The lowest BCUT2D eigenvalue weighted by molar-refractivity contribution is -0.316. The van der Waals surface area contributed by atoms with E-state index in [1.54, 1.807) is 0 Å². The first-order valence-electron chi connectivity index (χ1n) is 3.90. The van der Waals surface area contributed by atoms with Gasteiger partial charge < -0.3 is 0 Å². The van der Waals surface area contributed by atoms with Crippen LogP contribution in [0.3, 0.4) is 0 Å². The van der Waals surface area contributed by atoms with Crippen LogP contribution >= 0.6 is 0 Å². The van der Waals surface area contributed by atoms with E-state index in [1.807, 2.05) is 18.2 Å². The molecule has 0 aliphatic heterocycles. The van der Waals surface area contributed by atoms with Crippen molar-refractivity contribution in [1.82, 2.24) is 5.48 Å². The summed E-state index contributed by atoms with van der Waals surface area (Å²) in [6.07, 6.45) is 0.935. The fraction of sp³-hybridized carbons (Fsp3) is 0.333. The van der Waals surface area contributed by atoms with Gasteiger partial charge in [0.1, 0.15) is 0 Å². The molecule has 0 fully saturated rings. The van der Waals surface area contributed by atoms with Crippen molar-refractivity contribution in [2.75, 3.05) is 13.7 Å². The van der Waals surface area contributed by atoms with E-state index in [1.165, 1.54) is 12.7 Å². The van der Waals surface area contributed by atoms with Gasteiger partial charge in [-0.2, -0.15) is 5.48 Å². The zero-order valence-corrected chi connectivity index (χ0v) is 7.12. The van der Waals surface area contributed by atoms with Crippen molar-refractivity contribution in [2.24, 2.45) is 0 Å². The zero-order chi connectivity index (χ0) is 8.65. The summed E-state index contributed by atoms with van der Waals surface area (Å²) in [4.78, 5) is 8.87. The van der Waals surface area contributed by atoms with Crippen molar-refractivity contribution in [3.8, 4) is 0 Å². The van der Waals surface area contributed by atoms with Gasteiger partial charge in [0.05, 0.1) is 7.11 Å². The molecule has 66 valence electrons. The Labute approximate surface area is 72.2 Å². The van der Waals surface area contributed by atoms with Gasteiger partial charge in [0, 0.05) is 6.54 Å². The molecule has 1 aromatic carbocycles. The van der Waals surface area contributed by atoms with Gasteiger partial charge in [0.25, 0.3) is 0 Å². The minimum Gasteiger partial charge on any atom is -0.221 e. The second-order valence-electron chi connectivity index (χ2n) is 2.38. The molecule has 1 N–H and O–H groups in total. The van der Waals surface area contributed by atoms with E-state index in [4.69, 9.17) is 0 Å². The van der Waals surface area contributed by atoms with Crippen molar-refractivity contribution >= 4 is 0 Å². The van der Waals surface area contributed by atoms with Crippen molar-refractivity contribution < 1.29 is 9.88 Å². The average molecular weight is 167 g/mol. The van der Waals surface area contributed by atoms with Gasteiger partial charge in [-0.15, -0.1) is 4.99 Å². The standard InChI is InChI=1S/C9H13NO2/c1-11-12-10-8-7-9-5-3-2-4-6-9/h2-6,10H,7-8H2,1H3. The maximum atomic E-state index is 4.51. The van der Waals surface area contributed by atoms with Crippen molar-refractivity contribution in [2.45, 2.75) is 6.42 Å². The van der Waals surface area contributed by atoms with Gasteiger partial charge in [-0.1, -0.05) is 30.3 Å². The number of rotatable bonds is 5. The van der Waals surface area contributed by atoms with Crippen molar-refractivity contribution in [3.63, 3.8) is 0 Å². The largest absolute Gasteiger partial charge is 0.221 e. The molecule has 0 amide bonds. The fourth-order valence-electron chi connectivity index (χ4n) is 0.941. The van der Waals surface area contributed by atoms with Crippen LogP contribution in [0.15, 0.2) is 30.3 Å². The van der Waals surface area contributed by atoms with E-state index in [2.05, 4.69) is 27.5 Å². The highest BCUT2D eigenvalue weighted by atomic mass is 17.3. The molecule has 12 heavy (non-hydrogen) atoms. The van der Waals surface area contributed by atoms with E-state index in [0.29, 0.717) is 0 Å². The molecule has 0 unspecified atom stereocenters. The van der Waals surface area contributed by atoms with Crippen LogP contribution in [0.4, 0.5) is 0 Å². The maximum Gasteiger partial charge on any atom is 0.0732 e. The summed E-state index contributed by atoms with van der Waals surface area (Å²) in [7, 11) is 1.47. The number of benzene rings is 1. The van der Waals surface area contributed by atoms with Crippen LogP contribution in [0.25, 0.3) is 0 Å². The Hall–Kier alpha value is -0.900. The average Bonchev–Trinajstić information content (AvgIpc) is 2.14. The summed E-state index contributed by atoms with van der Waals surface area (Å²) in [6.45, 7) is 0.748. The van der Waals surface area contributed by atoms with Gasteiger partial charge in [0.15, 0.2) is 0 Å². The summed E-state index contributed by atoms with van der Waals surface area (Å²) < 4.78 is 0. The van der Waals surface area contributed by atoms with Crippen molar-refractivity contribution in [3.05, 3.63) is 35.9 Å². The van der Waals surface area contributed by atoms with Crippen LogP contribution in [0.2, 0.25) is 0 Å². The summed E-state index contributed by atoms with van der Waals surface area (Å²) in [6, 6.07) is 10.2. The molecule has 0 bridgehead atoms. The molecule has 3 heteroatoms. The molecule has 0 radical (unpaired) electrons. The topological polar surface area (TPSA) is 30.5 Å². The third kappa shape index (κ3) is 3.48. The van der Waals surface area contributed by atoms with Gasteiger partial charge in [0.2, 0.25) is 0 Å². The highest BCUT2D eigenvalue weighted by molar-refractivity contribution is 5.14. The lowest BCUT2D eigenvalue weighted by atomic mass is 10.2. The van der Waals surface area contributed by atoms with E-state index < -0.39 is 0 Å². The second-order valence-corrected chi connectivity index (χ2v) is 2.38. The third-order valence-corrected chi connectivity index (χ3v) is 1.50. The fourth-order valence-corrected chi connectivity index (χ4v) is 0.941. The molecule has 0 heterocycles. The van der Waals surface area contributed by atoms with E-state index >= 15 is 0 Å². The second kappa shape index (κ2) is 5.71. The van der Waals surface area contributed by atoms with Gasteiger partial charge in [-0.05, 0) is 12.0 Å². The number of hydroxylamine groups is 1. The minimum absolute atomic E-state index is 0.748. The Balaban J connectivity index is 2.16. The number of nitrogens with one attached hydrogen (secondary N) is 1. The quantitative estimate of drug-likeness (QED) is 0.407. The SMILES string of the molecule is COONCCc1ccccc1. The first-order chi connectivity index (χ1) is 5.93. The molecular formula is C9H13NO2. The van der Waals surface area contributed by atoms with Crippen molar-refractivity contribution in [1.29, 1.82) is 0 Å². The number of hydrogen-bond donors (Lipinski definition) is 1. The molecule has 0 aliphatic rings. The molecule has 3 nitrogen and oxygen atoms in total. The predicted octanol–water partition coefficient (Wildman–Crippen LogP) is 1.31. The van der Waals surface area contributed by atoms with Crippen LogP contribution in [0.5, 0.6) is 0 Å². The van der Waals surface area contributed by atoms with Gasteiger partial charge in [-0.25, -0.2) is 4.89 Å². The maximum absolute atomic E-state index is 4.51. The minimum atomic E-state index is 0.748. The normalized spacial score (nSPS) is 10.1. The van der Waals surface area contributed by atoms with E-state index in [9.17, 15) is 0 Å². The van der Waals surface area contributed by atoms with Crippen LogP contribution in [0.1, 0.15) is 5.56 Å². The molecule has 0 saturated carbocycles. The van der Waals surface area contributed by atoms with Gasteiger partial charge in [-0.3, -0.25) is 0 Å². The Morgan fingerprint density at radius 2 is 2.00 bits per heavy atom. The molecule has 0 aliphatic carbocycles. The molecule has 1 aromatic rings. The summed E-state index contributed by atoms with van der Waals surface area (Å²) in [5, 5.41) is 0. The summed E-state index contributed by atoms with van der Waals surface area (Å²) in [5.41, 5.74) is 3.94. The van der Waals surface area contributed by atoms with Crippen LogP contribution in [-0.4, -0.2) is 13.7 Å². The lowest BCUT2D eigenvalue weighted by Gasteiger charge is -2.01. The Morgan fingerprint density at radius 3 is 2.67 bits per heavy atom. The highest BCUT2D eigenvalue weighted by Crippen LogP contribution is 1.97. The van der Waals surface area contributed by atoms with E-state index in [0.717, 1.165) is 13.0 Å². The van der Waals surface area contributed by atoms with Crippen LogP contribution in [0, 0.1) is 0 Å².